The standard InChI is InChI=1S/C7H8FNO/c1-5-3-4-6(8)7(10)9(5)2/h3-4H,1-2H3. The molecule has 0 spiro atoms. The third-order valence-corrected chi connectivity index (χ3v) is 1.51. The van der Waals surface area contributed by atoms with Crippen molar-refractivity contribution in [1.82, 2.24) is 4.57 Å². The van der Waals surface area contributed by atoms with Crippen LogP contribution < -0.4 is 5.56 Å². The minimum absolute atomic E-state index is 0.569. The van der Waals surface area contributed by atoms with Gasteiger partial charge in [0.05, 0.1) is 0 Å². The van der Waals surface area contributed by atoms with E-state index < -0.39 is 11.4 Å². The maximum Gasteiger partial charge on any atom is 0.286 e. The lowest BCUT2D eigenvalue weighted by atomic mass is 10.3. The summed E-state index contributed by atoms with van der Waals surface area (Å²) in [6, 6.07) is 2.74. The Bertz CT molecular complexity index is 303. The zero-order valence-corrected chi connectivity index (χ0v) is 5.89. The van der Waals surface area contributed by atoms with Crippen LogP contribution in [0.3, 0.4) is 0 Å². The molecule has 1 rings (SSSR count). The maximum atomic E-state index is 12.4. The van der Waals surface area contributed by atoms with E-state index in [1.165, 1.54) is 10.6 Å². The van der Waals surface area contributed by atoms with Gasteiger partial charge in [0.25, 0.3) is 5.56 Å². The van der Waals surface area contributed by atoms with E-state index in [0.717, 1.165) is 5.69 Å². The van der Waals surface area contributed by atoms with Gasteiger partial charge in [-0.05, 0) is 19.1 Å². The van der Waals surface area contributed by atoms with Gasteiger partial charge in [-0.25, -0.2) is 4.39 Å². The van der Waals surface area contributed by atoms with Gasteiger partial charge < -0.3 is 4.57 Å². The Morgan fingerprint density at radius 3 is 2.60 bits per heavy atom. The van der Waals surface area contributed by atoms with E-state index in [4.69, 9.17) is 0 Å². The maximum absolute atomic E-state index is 12.4. The number of halogens is 1. The predicted molar refractivity (Wildman–Crippen MR) is 36.4 cm³/mol. The molecule has 0 N–H and O–H groups in total. The number of rotatable bonds is 0. The highest BCUT2D eigenvalue weighted by Crippen LogP contribution is 1.93. The Hall–Kier alpha value is -1.12. The summed E-state index contributed by atoms with van der Waals surface area (Å²) in [5.74, 6) is -0.701. The van der Waals surface area contributed by atoms with Gasteiger partial charge in [-0.1, -0.05) is 0 Å². The Morgan fingerprint density at radius 1 is 1.50 bits per heavy atom. The van der Waals surface area contributed by atoms with Crippen LogP contribution in [0.4, 0.5) is 4.39 Å². The second-order valence-electron chi connectivity index (χ2n) is 2.19. The summed E-state index contributed by atoms with van der Waals surface area (Å²) in [5, 5.41) is 0. The Labute approximate surface area is 57.9 Å². The van der Waals surface area contributed by atoms with Crippen molar-refractivity contribution >= 4 is 0 Å². The Kier molecular flexibility index (Phi) is 1.57. The van der Waals surface area contributed by atoms with Crippen LogP contribution in [0.1, 0.15) is 5.69 Å². The summed E-state index contributed by atoms with van der Waals surface area (Å²) in [6.45, 7) is 1.75. The minimum Gasteiger partial charge on any atom is -0.314 e. The van der Waals surface area contributed by atoms with Crippen molar-refractivity contribution in [2.45, 2.75) is 6.92 Å². The van der Waals surface area contributed by atoms with Crippen LogP contribution in [0.25, 0.3) is 0 Å². The van der Waals surface area contributed by atoms with Crippen molar-refractivity contribution in [1.29, 1.82) is 0 Å². The Balaban J connectivity index is 3.50. The molecule has 10 heavy (non-hydrogen) atoms. The van der Waals surface area contributed by atoms with E-state index in [-0.39, 0.29) is 0 Å². The van der Waals surface area contributed by atoms with E-state index in [1.54, 1.807) is 20.0 Å². The monoisotopic (exact) mass is 141 g/mol. The van der Waals surface area contributed by atoms with Crippen molar-refractivity contribution in [3.05, 3.63) is 34.0 Å². The number of nitrogens with zero attached hydrogens (tertiary/aromatic N) is 1. The van der Waals surface area contributed by atoms with Gasteiger partial charge in [-0.3, -0.25) is 4.79 Å². The molecule has 0 amide bonds. The first-order valence-electron chi connectivity index (χ1n) is 2.95. The summed E-state index contributed by atoms with van der Waals surface area (Å²) in [5.41, 5.74) is 0.186. The fraction of sp³-hybridized carbons (Fsp3) is 0.286. The first-order valence-corrected chi connectivity index (χ1v) is 2.95. The van der Waals surface area contributed by atoms with Crippen LogP contribution in [0.2, 0.25) is 0 Å². The first-order chi connectivity index (χ1) is 4.63. The lowest BCUT2D eigenvalue weighted by Crippen LogP contribution is -2.21. The molecule has 0 saturated carbocycles. The predicted octanol–water partition coefficient (Wildman–Crippen LogP) is 0.833. The second-order valence-corrected chi connectivity index (χ2v) is 2.19. The van der Waals surface area contributed by atoms with Gasteiger partial charge >= 0.3 is 0 Å². The van der Waals surface area contributed by atoms with Crippen LogP contribution in [-0.2, 0) is 7.05 Å². The third kappa shape index (κ3) is 0.943. The lowest BCUT2D eigenvalue weighted by molar-refractivity contribution is 0.586. The van der Waals surface area contributed by atoms with Crippen LogP contribution in [-0.4, -0.2) is 4.57 Å². The normalized spacial score (nSPS) is 9.90. The van der Waals surface area contributed by atoms with Crippen molar-refractivity contribution in [3.8, 4) is 0 Å². The number of aryl methyl sites for hydroxylation is 1. The van der Waals surface area contributed by atoms with E-state index in [9.17, 15) is 9.18 Å². The van der Waals surface area contributed by atoms with Crippen molar-refractivity contribution in [3.63, 3.8) is 0 Å². The van der Waals surface area contributed by atoms with E-state index in [0.29, 0.717) is 0 Å². The van der Waals surface area contributed by atoms with Gasteiger partial charge in [0.1, 0.15) is 0 Å². The van der Waals surface area contributed by atoms with E-state index >= 15 is 0 Å². The van der Waals surface area contributed by atoms with Gasteiger partial charge in [0.2, 0.25) is 0 Å². The highest BCUT2D eigenvalue weighted by molar-refractivity contribution is 5.05. The number of hydrogen-bond acceptors (Lipinski definition) is 1. The van der Waals surface area contributed by atoms with Gasteiger partial charge in [0.15, 0.2) is 5.82 Å². The molecule has 54 valence electrons. The highest BCUT2D eigenvalue weighted by atomic mass is 19.1. The largest absolute Gasteiger partial charge is 0.314 e. The topological polar surface area (TPSA) is 22.0 Å². The summed E-state index contributed by atoms with van der Waals surface area (Å²) in [6.07, 6.45) is 0. The molecule has 0 saturated heterocycles. The van der Waals surface area contributed by atoms with Crippen LogP contribution >= 0.6 is 0 Å². The van der Waals surface area contributed by atoms with Crippen molar-refractivity contribution in [2.75, 3.05) is 0 Å². The lowest BCUT2D eigenvalue weighted by Gasteiger charge is -2.00. The summed E-state index contributed by atoms with van der Waals surface area (Å²) in [7, 11) is 1.54. The Morgan fingerprint density at radius 2 is 2.10 bits per heavy atom. The van der Waals surface area contributed by atoms with E-state index in [2.05, 4.69) is 0 Å². The second kappa shape index (κ2) is 2.25. The molecule has 0 fully saturated rings. The molecule has 0 aliphatic rings. The van der Waals surface area contributed by atoms with Crippen molar-refractivity contribution in [2.24, 2.45) is 7.05 Å². The molecule has 0 bridgehead atoms. The molecule has 1 aromatic rings. The number of hydrogen-bond donors (Lipinski definition) is 0. The molecule has 0 atom stereocenters. The SMILES string of the molecule is Cc1ccc(F)c(=O)n1C. The molecule has 0 aromatic carbocycles. The molecule has 3 heteroatoms. The molecule has 0 aliphatic heterocycles. The summed E-state index contributed by atoms with van der Waals surface area (Å²) < 4.78 is 13.7. The average Bonchev–Trinajstić information content (AvgIpc) is 1.93. The van der Waals surface area contributed by atoms with Gasteiger partial charge in [-0.15, -0.1) is 0 Å². The third-order valence-electron chi connectivity index (χ3n) is 1.51. The molecule has 2 nitrogen and oxygen atoms in total. The first kappa shape index (κ1) is 6.99. The molecule has 0 aliphatic carbocycles. The van der Waals surface area contributed by atoms with Gasteiger partial charge in [0, 0.05) is 12.7 Å². The number of aromatic nitrogens is 1. The molecular weight excluding hydrogens is 133 g/mol. The fourth-order valence-corrected chi connectivity index (χ4v) is 0.697. The number of pyridine rings is 1. The zero-order valence-electron chi connectivity index (χ0n) is 5.89. The molecule has 1 heterocycles. The summed E-state index contributed by atoms with van der Waals surface area (Å²) >= 11 is 0. The minimum atomic E-state index is -0.701. The van der Waals surface area contributed by atoms with E-state index in [1.807, 2.05) is 0 Å². The van der Waals surface area contributed by atoms with Crippen molar-refractivity contribution < 1.29 is 4.39 Å². The molecular formula is C7H8FNO. The molecule has 1 aromatic heterocycles. The highest BCUT2D eigenvalue weighted by Gasteiger charge is 1.99. The summed E-state index contributed by atoms with van der Waals surface area (Å²) in [4.78, 5) is 10.8. The molecule has 0 unspecified atom stereocenters. The van der Waals surface area contributed by atoms with Crippen LogP contribution in [0.15, 0.2) is 16.9 Å². The smallest absolute Gasteiger partial charge is 0.286 e. The van der Waals surface area contributed by atoms with Crippen LogP contribution in [0.5, 0.6) is 0 Å². The fourth-order valence-electron chi connectivity index (χ4n) is 0.697. The molecule has 0 radical (unpaired) electrons. The average molecular weight is 141 g/mol. The zero-order chi connectivity index (χ0) is 7.72. The quantitative estimate of drug-likeness (QED) is 0.524. The van der Waals surface area contributed by atoms with Crippen LogP contribution in [0, 0.1) is 12.7 Å². The van der Waals surface area contributed by atoms with Gasteiger partial charge in [-0.2, -0.15) is 0 Å².